The number of carbonyl (C=O) groups is 1. The van der Waals surface area contributed by atoms with Crippen LogP contribution in [-0.4, -0.2) is 33.5 Å². The topological polar surface area (TPSA) is 69.0 Å². The molecule has 0 spiro atoms. The first-order valence-corrected chi connectivity index (χ1v) is 10.2. The molecule has 0 saturated carbocycles. The fraction of sp³-hybridized carbons (Fsp3) is 0.348. The highest BCUT2D eigenvalue weighted by Gasteiger charge is 2.24. The Bertz CT molecular complexity index is 976. The molecular formula is C23H25FN4O2. The lowest BCUT2D eigenvalue weighted by Gasteiger charge is -2.23. The van der Waals surface area contributed by atoms with Gasteiger partial charge >= 0.3 is 0 Å². The number of benzene rings is 2. The quantitative estimate of drug-likeness (QED) is 0.721. The van der Waals surface area contributed by atoms with E-state index in [4.69, 9.17) is 4.74 Å². The number of halogens is 1. The van der Waals surface area contributed by atoms with E-state index in [0.717, 1.165) is 16.8 Å². The maximum atomic E-state index is 13.6. The van der Waals surface area contributed by atoms with Gasteiger partial charge in [0.1, 0.15) is 11.5 Å². The zero-order chi connectivity index (χ0) is 20.8. The molecule has 1 aromatic heterocycles. The highest BCUT2D eigenvalue weighted by atomic mass is 19.1. The van der Waals surface area contributed by atoms with Crippen molar-refractivity contribution in [2.45, 2.75) is 38.5 Å². The summed E-state index contributed by atoms with van der Waals surface area (Å²) in [6.07, 6.45) is 3.57. The second kappa shape index (κ2) is 9.63. The molecule has 3 aromatic rings. The number of nitrogens with zero attached hydrogens (tertiary/aromatic N) is 3. The lowest BCUT2D eigenvalue weighted by Crippen LogP contribution is -2.43. The third-order valence-electron chi connectivity index (χ3n) is 5.27. The van der Waals surface area contributed by atoms with Gasteiger partial charge < -0.3 is 10.1 Å². The van der Waals surface area contributed by atoms with Crippen LogP contribution in [0.25, 0.3) is 0 Å². The molecule has 2 atom stereocenters. The highest BCUT2D eigenvalue weighted by molar-refractivity contribution is 5.79. The zero-order valence-electron chi connectivity index (χ0n) is 16.7. The first kappa shape index (κ1) is 20.2. The molecule has 4 rings (SSSR count). The Labute approximate surface area is 175 Å². The number of fused-ring (bicyclic) bond motifs is 2. The van der Waals surface area contributed by atoms with Crippen molar-refractivity contribution >= 4 is 5.91 Å². The van der Waals surface area contributed by atoms with Gasteiger partial charge in [-0.15, -0.1) is 5.10 Å². The van der Waals surface area contributed by atoms with Gasteiger partial charge in [0.2, 0.25) is 5.91 Å². The van der Waals surface area contributed by atoms with Crippen LogP contribution in [0.1, 0.15) is 23.2 Å². The molecule has 1 aliphatic heterocycles. The van der Waals surface area contributed by atoms with Crippen molar-refractivity contribution in [1.29, 1.82) is 0 Å². The van der Waals surface area contributed by atoms with Crippen LogP contribution in [0.2, 0.25) is 0 Å². The molecule has 2 bridgehead atoms. The lowest BCUT2D eigenvalue weighted by molar-refractivity contribution is -0.126. The smallest absolute Gasteiger partial charge is 0.223 e. The second-order valence-corrected chi connectivity index (χ2v) is 7.70. The molecule has 0 radical (unpaired) electrons. The molecule has 30 heavy (non-hydrogen) atoms. The Morgan fingerprint density at radius 1 is 1.10 bits per heavy atom. The average Bonchev–Trinajstić information content (AvgIpc) is 3.19. The Morgan fingerprint density at radius 2 is 1.93 bits per heavy atom. The maximum Gasteiger partial charge on any atom is 0.223 e. The molecule has 2 heterocycles. The van der Waals surface area contributed by atoms with E-state index in [1.165, 1.54) is 12.1 Å². The van der Waals surface area contributed by atoms with Crippen molar-refractivity contribution < 1.29 is 13.9 Å². The van der Waals surface area contributed by atoms with E-state index < -0.39 is 0 Å². The summed E-state index contributed by atoms with van der Waals surface area (Å²) in [5.74, 6) is -0.654. The van der Waals surface area contributed by atoms with Gasteiger partial charge in [-0.25, -0.2) is 4.39 Å². The van der Waals surface area contributed by atoms with Crippen molar-refractivity contribution in [2.75, 3.05) is 6.61 Å². The third kappa shape index (κ3) is 5.51. The minimum absolute atomic E-state index is 0.0512. The molecule has 0 unspecified atom stereocenters. The second-order valence-electron chi connectivity index (χ2n) is 7.70. The first-order valence-electron chi connectivity index (χ1n) is 10.2. The van der Waals surface area contributed by atoms with Crippen LogP contribution in [0.3, 0.4) is 0 Å². The van der Waals surface area contributed by atoms with E-state index in [1.54, 1.807) is 10.7 Å². The molecular weight excluding hydrogens is 383 g/mol. The van der Waals surface area contributed by atoms with Crippen LogP contribution in [0, 0.1) is 11.7 Å². The van der Waals surface area contributed by atoms with Gasteiger partial charge in [-0.2, -0.15) is 0 Å². The number of carbonyl (C=O) groups excluding carboxylic acids is 1. The van der Waals surface area contributed by atoms with Crippen LogP contribution >= 0.6 is 0 Å². The molecule has 1 aliphatic rings. The molecule has 1 N–H and O–H groups in total. The average molecular weight is 408 g/mol. The molecule has 1 amide bonds. The zero-order valence-corrected chi connectivity index (χ0v) is 16.7. The largest absolute Gasteiger partial charge is 0.373 e. The van der Waals surface area contributed by atoms with Gasteiger partial charge in [0, 0.05) is 12.5 Å². The number of hydrogen-bond donors (Lipinski definition) is 1. The van der Waals surface area contributed by atoms with Gasteiger partial charge in [-0.3, -0.25) is 9.48 Å². The molecule has 0 fully saturated rings. The van der Waals surface area contributed by atoms with Crippen molar-refractivity contribution in [3.63, 3.8) is 0 Å². The van der Waals surface area contributed by atoms with E-state index in [1.807, 2.05) is 42.6 Å². The fourth-order valence-electron chi connectivity index (χ4n) is 3.75. The van der Waals surface area contributed by atoms with Gasteiger partial charge in [0.25, 0.3) is 0 Å². The highest BCUT2D eigenvalue weighted by Crippen LogP contribution is 2.17. The minimum Gasteiger partial charge on any atom is -0.373 e. The number of nitrogens with one attached hydrogen (secondary N) is 1. The van der Waals surface area contributed by atoms with Gasteiger partial charge in [0.05, 0.1) is 25.5 Å². The Balaban J connectivity index is 1.54. The van der Waals surface area contributed by atoms with Crippen molar-refractivity contribution in [3.8, 4) is 0 Å². The van der Waals surface area contributed by atoms with Crippen LogP contribution in [0.15, 0.2) is 60.8 Å². The summed E-state index contributed by atoms with van der Waals surface area (Å²) in [6.45, 7) is 1.29. The summed E-state index contributed by atoms with van der Waals surface area (Å²) < 4.78 is 21.2. The normalized spacial score (nSPS) is 20.1. The van der Waals surface area contributed by atoms with Gasteiger partial charge in [-0.05, 0) is 42.5 Å². The van der Waals surface area contributed by atoms with E-state index >= 15 is 0 Å². The van der Waals surface area contributed by atoms with E-state index in [-0.39, 0.29) is 23.7 Å². The first-order chi connectivity index (χ1) is 14.7. The Kier molecular flexibility index (Phi) is 6.49. The number of ether oxygens (including phenoxy) is 1. The molecule has 0 saturated heterocycles. The summed E-state index contributed by atoms with van der Waals surface area (Å²) in [5.41, 5.74) is 2.70. The number of aryl methyl sites for hydroxylation is 1. The number of amides is 1. The standard InChI is InChI=1S/C23H25FN4O2/c24-20-8-4-7-18(12-20)11-19-9-10-28-14-22(26-27-28)16-30-15-21(25-23(19)29)13-17-5-2-1-3-6-17/h1-8,12,14,19,21H,9-11,13,15-16H2,(H,25,29)/t19-,21+/m0/s1. The maximum absolute atomic E-state index is 13.6. The molecule has 2 aromatic carbocycles. The van der Waals surface area contributed by atoms with E-state index in [0.29, 0.717) is 39.0 Å². The van der Waals surface area contributed by atoms with Crippen LogP contribution < -0.4 is 5.32 Å². The predicted molar refractivity (Wildman–Crippen MR) is 110 cm³/mol. The van der Waals surface area contributed by atoms with E-state index in [9.17, 15) is 9.18 Å². The van der Waals surface area contributed by atoms with Gasteiger partial charge in [0.15, 0.2) is 0 Å². The Morgan fingerprint density at radius 3 is 2.77 bits per heavy atom. The van der Waals surface area contributed by atoms with Gasteiger partial charge in [-0.1, -0.05) is 47.7 Å². The molecule has 156 valence electrons. The third-order valence-corrected chi connectivity index (χ3v) is 5.27. The van der Waals surface area contributed by atoms with Crippen LogP contribution in [0.4, 0.5) is 4.39 Å². The summed E-state index contributed by atoms with van der Waals surface area (Å²) in [4.78, 5) is 13.2. The monoisotopic (exact) mass is 408 g/mol. The number of rotatable bonds is 4. The molecule has 0 aliphatic carbocycles. The SMILES string of the molecule is O=C1N[C@H](Cc2ccccc2)COCc2cn(nn2)CC[C@H]1Cc1cccc(F)c1. The summed E-state index contributed by atoms with van der Waals surface area (Å²) in [6, 6.07) is 16.3. The number of hydrogen-bond acceptors (Lipinski definition) is 4. The number of aromatic nitrogens is 3. The van der Waals surface area contributed by atoms with Crippen molar-refractivity contribution in [2.24, 2.45) is 5.92 Å². The van der Waals surface area contributed by atoms with E-state index in [2.05, 4.69) is 15.6 Å². The molecule has 6 nitrogen and oxygen atoms in total. The summed E-state index contributed by atoms with van der Waals surface area (Å²) in [5, 5.41) is 11.4. The lowest BCUT2D eigenvalue weighted by atomic mass is 9.94. The van der Waals surface area contributed by atoms with Crippen LogP contribution in [0.5, 0.6) is 0 Å². The van der Waals surface area contributed by atoms with Crippen LogP contribution in [-0.2, 0) is 35.5 Å². The van der Waals surface area contributed by atoms with Crippen molar-refractivity contribution in [1.82, 2.24) is 20.3 Å². The van der Waals surface area contributed by atoms with Crippen molar-refractivity contribution in [3.05, 3.63) is 83.4 Å². The summed E-state index contributed by atoms with van der Waals surface area (Å²) >= 11 is 0. The fourth-order valence-corrected chi connectivity index (χ4v) is 3.75. The minimum atomic E-state index is -0.308. The Hall–Kier alpha value is -3.06. The summed E-state index contributed by atoms with van der Waals surface area (Å²) in [7, 11) is 0. The molecule has 7 heteroatoms. The predicted octanol–water partition coefficient (Wildman–Crippen LogP) is 2.92.